The van der Waals surface area contributed by atoms with E-state index in [4.69, 9.17) is 10.8 Å². The predicted molar refractivity (Wildman–Crippen MR) is 54.2 cm³/mol. The molecule has 0 amide bonds. The molecule has 0 heterocycles. The van der Waals surface area contributed by atoms with Gasteiger partial charge in [-0.15, -0.1) is 0 Å². The highest BCUT2D eigenvalue weighted by atomic mass is 16.3. The molecule has 2 heteroatoms. The molecular formula is C10H19NO. The summed E-state index contributed by atoms with van der Waals surface area (Å²) in [6.07, 6.45) is 0. The monoisotopic (exact) mass is 169 g/mol. The third-order valence-corrected chi connectivity index (χ3v) is 0.756. The summed E-state index contributed by atoms with van der Waals surface area (Å²) in [6.45, 7) is 6.65. The van der Waals surface area contributed by atoms with Gasteiger partial charge in [-0.2, -0.15) is 0 Å². The number of hydrogen-bond acceptors (Lipinski definition) is 2. The minimum Gasteiger partial charge on any atom is -0.508 e. The fourth-order valence-electron chi connectivity index (χ4n) is 0.428. The largest absolute Gasteiger partial charge is 0.508 e. The predicted octanol–water partition coefficient (Wildman–Crippen LogP) is 2.38. The Balaban J connectivity index is 0. The number of hydrogen-bond donors (Lipinski definition) is 2. The van der Waals surface area contributed by atoms with Gasteiger partial charge in [0.15, 0.2) is 0 Å². The van der Waals surface area contributed by atoms with Crippen molar-refractivity contribution in [2.75, 3.05) is 6.54 Å². The number of rotatable bonds is 0. The van der Waals surface area contributed by atoms with Crippen LogP contribution in [0.5, 0.6) is 5.75 Å². The van der Waals surface area contributed by atoms with E-state index in [1.165, 1.54) is 0 Å². The quantitative estimate of drug-likeness (QED) is 0.626. The van der Waals surface area contributed by atoms with Crippen molar-refractivity contribution in [1.82, 2.24) is 0 Å². The molecule has 1 aromatic rings. The Labute approximate surface area is 75.0 Å². The molecule has 0 fully saturated rings. The van der Waals surface area contributed by atoms with Crippen molar-refractivity contribution >= 4 is 0 Å². The van der Waals surface area contributed by atoms with Gasteiger partial charge in [-0.05, 0) is 18.7 Å². The molecule has 0 unspecified atom stereocenters. The molecule has 0 aliphatic rings. The van der Waals surface area contributed by atoms with Gasteiger partial charge in [-0.25, -0.2) is 0 Å². The van der Waals surface area contributed by atoms with Crippen molar-refractivity contribution < 1.29 is 5.11 Å². The Morgan fingerprint density at radius 2 is 1.50 bits per heavy atom. The lowest BCUT2D eigenvalue weighted by atomic mass is 10.3. The van der Waals surface area contributed by atoms with Crippen LogP contribution < -0.4 is 5.73 Å². The van der Waals surface area contributed by atoms with Gasteiger partial charge < -0.3 is 10.8 Å². The van der Waals surface area contributed by atoms with Crippen LogP contribution in [0.15, 0.2) is 30.3 Å². The number of nitrogens with two attached hydrogens (primary N) is 1. The number of phenols is 1. The van der Waals surface area contributed by atoms with Crippen LogP contribution in [0, 0.1) is 0 Å². The first kappa shape index (κ1) is 13.6. The van der Waals surface area contributed by atoms with Gasteiger partial charge in [0.25, 0.3) is 0 Å². The van der Waals surface area contributed by atoms with E-state index < -0.39 is 0 Å². The summed E-state index contributed by atoms with van der Waals surface area (Å²) in [5.74, 6) is 0.322. The third-order valence-electron chi connectivity index (χ3n) is 0.756. The first-order valence-corrected chi connectivity index (χ1v) is 4.25. The topological polar surface area (TPSA) is 46.2 Å². The smallest absolute Gasteiger partial charge is 0.115 e. The third kappa shape index (κ3) is 11.7. The number of benzene rings is 1. The van der Waals surface area contributed by atoms with Gasteiger partial charge >= 0.3 is 0 Å². The molecule has 70 valence electrons. The van der Waals surface area contributed by atoms with Crippen LogP contribution in [0.3, 0.4) is 0 Å². The van der Waals surface area contributed by atoms with E-state index in [9.17, 15) is 0 Å². The van der Waals surface area contributed by atoms with E-state index in [1.807, 2.05) is 26.8 Å². The molecule has 2 nitrogen and oxygen atoms in total. The highest BCUT2D eigenvalue weighted by Crippen LogP contribution is 2.02. The zero-order valence-electron chi connectivity index (χ0n) is 8.12. The van der Waals surface area contributed by atoms with Crippen LogP contribution >= 0.6 is 0 Å². The Hall–Kier alpha value is -1.02. The first-order valence-electron chi connectivity index (χ1n) is 4.25. The summed E-state index contributed by atoms with van der Waals surface area (Å²) in [7, 11) is 0. The first-order chi connectivity index (χ1) is 5.81. The van der Waals surface area contributed by atoms with Gasteiger partial charge in [-0.3, -0.25) is 0 Å². The van der Waals surface area contributed by atoms with Crippen LogP contribution in [0.1, 0.15) is 20.8 Å². The van der Waals surface area contributed by atoms with Crippen molar-refractivity contribution in [3.63, 3.8) is 0 Å². The highest BCUT2D eigenvalue weighted by Gasteiger charge is 1.74. The Morgan fingerprint density at radius 1 is 1.17 bits per heavy atom. The van der Waals surface area contributed by atoms with Crippen molar-refractivity contribution in [3.05, 3.63) is 30.3 Å². The van der Waals surface area contributed by atoms with E-state index in [0.717, 1.165) is 6.54 Å². The Bertz CT molecular complexity index is 151. The minimum atomic E-state index is 0.322. The zero-order chi connectivity index (χ0) is 9.82. The van der Waals surface area contributed by atoms with Crippen molar-refractivity contribution in [1.29, 1.82) is 0 Å². The van der Waals surface area contributed by atoms with Gasteiger partial charge in [0, 0.05) is 0 Å². The zero-order valence-corrected chi connectivity index (χ0v) is 8.12. The fourth-order valence-corrected chi connectivity index (χ4v) is 0.428. The van der Waals surface area contributed by atoms with Crippen LogP contribution in [0.25, 0.3) is 0 Å². The molecule has 0 atom stereocenters. The van der Waals surface area contributed by atoms with Crippen LogP contribution in [0.4, 0.5) is 0 Å². The number of aromatic hydroxyl groups is 1. The maximum absolute atomic E-state index is 8.63. The van der Waals surface area contributed by atoms with Crippen LogP contribution in [-0.4, -0.2) is 11.7 Å². The van der Waals surface area contributed by atoms with E-state index in [1.54, 1.807) is 24.3 Å². The molecule has 1 rings (SSSR count). The molecule has 0 saturated carbocycles. The van der Waals surface area contributed by atoms with Crippen molar-refractivity contribution in [3.8, 4) is 5.75 Å². The van der Waals surface area contributed by atoms with E-state index >= 15 is 0 Å². The molecule has 0 bridgehead atoms. The molecule has 1 aromatic carbocycles. The van der Waals surface area contributed by atoms with Crippen LogP contribution in [0.2, 0.25) is 0 Å². The lowest BCUT2D eigenvalue weighted by Crippen LogP contribution is -1.87. The van der Waals surface area contributed by atoms with Gasteiger partial charge in [0.05, 0.1) is 0 Å². The van der Waals surface area contributed by atoms with Gasteiger partial charge in [0.2, 0.25) is 0 Å². The average molecular weight is 169 g/mol. The number of para-hydroxylation sites is 1. The second-order valence-electron chi connectivity index (χ2n) is 1.74. The summed E-state index contributed by atoms with van der Waals surface area (Å²) < 4.78 is 0. The summed E-state index contributed by atoms with van der Waals surface area (Å²) in [5, 5.41) is 8.63. The van der Waals surface area contributed by atoms with Gasteiger partial charge in [0.1, 0.15) is 5.75 Å². The van der Waals surface area contributed by atoms with Gasteiger partial charge in [-0.1, -0.05) is 39.0 Å². The summed E-state index contributed by atoms with van der Waals surface area (Å²) in [4.78, 5) is 0. The number of phenolic OH excluding ortho intramolecular Hbond substituents is 1. The molecular weight excluding hydrogens is 150 g/mol. The van der Waals surface area contributed by atoms with Crippen LogP contribution in [-0.2, 0) is 0 Å². The highest BCUT2D eigenvalue weighted by molar-refractivity contribution is 5.18. The summed E-state index contributed by atoms with van der Waals surface area (Å²) >= 11 is 0. The van der Waals surface area contributed by atoms with Crippen molar-refractivity contribution in [2.24, 2.45) is 5.73 Å². The van der Waals surface area contributed by atoms with Crippen molar-refractivity contribution in [2.45, 2.75) is 20.8 Å². The lowest BCUT2D eigenvalue weighted by molar-refractivity contribution is 0.475. The maximum Gasteiger partial charge on any atom is 0.115 e. The summed E-state index contributed by atoms with van der Waals surface area (Å²) in [6, 6.07) is 8.71. The SMILES string of the molecule is CC.CCN.Oc1ccccc1. The molecule has 3 N–H and O–H groups in total. The molecule has 0 spiro atoms. The second kappa shape index (κ2) is 12.6. The van der Waals surface area contributed by atoms with E-state index in [-0.39, 0.29) is 0 Å². The normalized spacial score (nSPS) is 7.00. The maximum atomic E-state index is 8.63. The molecule has 12 heavy (non-hydrogen) atoms. The molecule has 0 radical (unpaired) electrons. The van der Waals surface area contributed by atoms with E-state index in [0.29, 0.717) is 5.75 Å². The van der Waals surface area contributed by atoms with E-state index in [2.05, 4.69) is 0 Å². The molecule has 0 aromatic heterocycles. The Kier molecular flexibility index (Phi) is 14.3. The standard InChI is InChI=1S/C6H6O.C2H7N.C2H6/c7-6-4-2-1-3-5-6;1-2-3;1-2/h1-5,7H;2-3H2,1H3;1-2H3. The fraction of sp³-hybridized carbons (Fsp3) is 0.400. The average Bonchev–Trinajstić information content (AvgIpc) is 2.11. The molecule has 0 aliphatic heterocycles. The molecule has 0 saturated heterocycles. The molecule has 0 aliphatic carbocycles. The lowest BCUT2D eigenvalue weighted by Gasteiger charge is -1.82. The summed E-state index contributed by atoms with van der Waals surface area (Å²) in [5.41, 5.74) is 4.85. The minimum absolute atomic E-state index is 0.322. The second-order valence-corrected chi connectivity index (χ2v) is 1.74. The Morgan fingerprint density at radius 3 is 1.67 bits per heavy atom.